The average Bonchev–Trinajstić information content (AvgIpc) is 2.75. The summed E-state index contributed by atoms with van der Waals surface area (Å²) in [6.45, 7) is 6.27. The number of hydrogen-bond acceptors (Lipinski definition) is 3. The van der Waals surface area contributed by atoms with Gasteiger partial charge in [-0.25, -0.2) is 0 Å². The maximum absolute atomic E-state index is 12.4. The van der Waals surface area contributed by atoms with E-state index in [2.05, 4.69) is 13.8 Å². The second kappa shape index (κ2) is 3.82. The first-order valence-electron chi connectivity index (χ1n) is 7.20. The molecule has 2 aliphatic carbocycles. The lowest BCUT2D eigenvalue weighted by Crippen LogP contribution is -2.44. The average molecular weight is 250 g/mol. The zero-order chi connectivity index (χ0) is 13.1. The predicted octanol–water partition coefficient (Wildman–Crippen LogP) is 2.58. The van der Waals surface area contributed by atoms with Crippen molar-refractivity contribution in [1.29, 1.82) is 0 Å². The van der Waals surface area contributed by atoms with Crippen LogP contribution in [-0.2, 0) is 14.3 Å². The van der Waals surface area contributed by atoms with Gasteiger partial charge in [-0.1, -0.05) is 13.8 Å². The molecule has 6 unspecified atom stereocenters. The Morgan fingerprint density at radius 3 is 2.61 bits per heavy atom. The third-order valence-corrected chi connectivity index (χ3v) is 5.93. The number of fused-ring (bicyclic) bond motifs is 3. The molecule has 1 heterocycles. The van der Waals surface area contributed by atoms with Crippen LogP contribution in [0, 0.1) is 29.1 Å². The topological polar surface area (TPSA) is 43.4 Å². The van der Waals surface area contributed by atoms with E-state index in [9.17, 15) is 9.59 Å². The highest BCUT2D eigenvalue weighted by atomic mass is 16.6. The summed E-state index contributed by atoms with van der Waals surface area (Å²) in [6, 6.07) is 0. The lowest BCUT2D eigenvalue weighted by Gasteiger charge is -2.37. The molecule has 3 aliphatic rings. The molecule has 0 bridgehead atoms. The molecule has 0 radical (unpaired) electrons. The second-order valence-electron chi connectivity index (χ2n) is 6.72. The molecular weight excluding hydrogens is 228 g/mol. The van der Waals surface area contributed by atoms with Gasteiger partial charge in [-0.05, 0) is 38.0 Å². The largest absolute Gasteiger partial charge is 0.461 e. The molecule has 0 aromatic carbocycles. The first kappa shape index (κ1) is 12.2. The molecule has 2 saturated carbocycles. The molecule has 3 rings (SSSR count). The summed E-state index contributed by atoms with van der Waals surface area (Å²) < 4.78 is 5.63. The molecule has 18 heavy (non-hydrogen) atoms. The first-order chi connectivity index (χ1) is 8.46. The Kier molecular flexibility index (Phi) is 2.58. The highest BCUT2D eigenvalue weighted by Crippen LogP contribution is 2.56. The molecule has 0 aromatic rings. The summed E-state index contributed by atoms with van der Waals surface area (Å²) in [5.74, 6) is 1.40. The molecule has 1 saturated heterocycles. The smallest absolute Gasteiger partial charge is 0.309 e. The van der Waals surface area contributed by atoms with Gasteiger partial charge in [0.15, 0.2) is 0 Å². The summed E-state index contributed by atoms with van der Waals surface area (Å²) in [7, 11) is 0. The Morgan fingerprint density at radius 1 is 1.17 bits per heavy atom. The molecule has 1 aliphatic heterocycles. The molecule has 0 spiro atoms. The van der Waals surface area contributed by atoms with Crippen molar-refractivity contribution in [2.75, 3.05) is 0 Å². The molecule has 100 valence electrons. The van der Waals surface area contributed by atoms with Gasteiger partial charge >= 0.3 is 5.97 Å². The van der Waals surface area contributed by atoms with Crippen LogP contribution in [0.15, 0.2) is 0 Å². The number of Topliss-reactive ketones (excluding diaryl/α,β-unsaturated/α-hetero) is 1. The van der Waals surface area contributed by atoms with E-state index in [0.29, 0.717) is 24.0 Å². The number of carbonyl (C=O) groups excluding carboxylic acids is 2. The number of hydrogen-bond donors (Lipinski definition) is 0. The van der Waals surface area contributed by atoms with Crippen molar-refractivity contribution < 1.29 is 14.3 Å². The van der Waals surface area contributed by atoms with Crippen LogP contribution in [0.1, 0.15) is 46.5 Å². The Hall–Kier alpha value is -0.860. The predicted molar refractivity (Wildman–Crippen MR) is 66.8 cm³/mol. The Balaban J connectivity index is 2.04. The van der Waals surface area contributed by atoms with Gasteiger partial charge in [0.2, 0.25) is 0 Å². The monoisotopic (exact) mass is 250 g/mol. The zero-order valence-electron chi connectivity index (χ0n) is 11.4. The van der Waals surface area contributed by atoms with Crippen LogP contribution in [0.5, 0.6) is 0 Å². The number of ketones is 1. The van der Waals surface area contributed by atoms with Crippen LogP contribution in [-0.4, -0.2) is 17.9 Å². The summed E-state index contributed by atoms with van der Waals surface area (Å²) in [5.41, 5.74) is -0.416. The fourth-order valence-electron chi connectivity index (χ4n) is 4.69. The van der Waals surface area contributed by atoms with Crippen LogP contribution in [0.25, 0.3) is 0 Å². The van der Waals surface area contributed by atoms with Crippen LogP contribution in [0.2, 0.25) is 0 Å². The third kappa shape index (κ3) is 1.36. The van der Waals surface area contributed by atoms with Gasteiger partial charge in [0.1, 0.15) is 11.9 Å². The van der Waals surface area contributed by atoms with E-state index in [-0.39, 0.29) is 23.9 Å². The van der Waals surface area contributed by atoms with Crippen molar-refractivity contribution in [3.8, 4) is 0 Å². The van der Waals surface area contributed by atoms with Crippen LogP contribution in [0.3, 0.4) is 0 Å². The molecule has 0 aromatic heterocycles. The van der Waals surface area contributed by atoms with E-state index < -0.39 is 5.41 Å². The minimum absolute atomic E-state index is 0.0359. The van der Waals surface area contributed by atoms with Crippen molar-refractivity contribution >= 4 is 11.8 Å². The fraction of sp³-hybridized carbons (Fsp3) is 0.867. The zero-order valence-corrected chi connectivity index (χ0v) is 11.4. The van der Waals surface area contributed by atoms with Gasteiger partial charge in [-0.2, -0.15) is 0 Å². The number of carbonyl (C=O) groups is 2. The number of esters is 1. The standard InChI is InChI=1S/C15H22O3/c1-8-4-5-10-9(2)14(17)18-13(10)15(3)11(8)6-7-12(15)16/h8-11,13H,4-7H2,1-3H3. The Bertz CT molecular complexity index is 403. The Labute approximate surface area is 108 Å². The van der Waals surface area contributed by atoms with Crippen LogP contribution >= 0.6 is 0 Å². The summed E-state index contributed by atoms with van der Waals surface area (Å²) in [5, 5.41) is 0. The quantitative estimate of drug-likeness (QED) is 0.621. The van der Waals surface area contributed by atoms with E-state index in [4.69, 9.17) is 4.74 Å². The van der Waals surface area contributed by atoms with Crippen molar-refractivity contribution in [3.05, 3.63) is 0 Å². The van der Waals surface area contributed by atoms with Gasteiger partial charge < -0.3 is 4.74 Å². The third-order valence-electron chi connectivity index (χ3n) is 5.93. The summed E-state index contributed by atoms with van der Waals surface area (Å²) >= 11 is 0. The van der Waals surface area contributed by atoms with Crippen LogP contribution in [0.4, 0.5) is 0 Å². The van der Waals surface area contributed by atoms with Crippen molar-refractivity contribution in [1.82, 2.24) is 0 Å². The van der Waals surface area contributed by atoms with E-state index >= 15 is 0 Å². The van der Waals surface area contributed by atoms with Gasteiger partial charge in [0, 0.05) is 12.3 Å². The summed E-state index contributed by atoms with van der Waals surface area (Å²) in [6.07, 6.45) is 3.63. The molecule has 3 nitrogen and oxygen atoms in total. The molecular formula is C15H22O3. The highest BCUT2D eigenvalue weighted by molar-refractivity contribution is 5.89. The molecule has 0 amide bonds. The minimum Gasteiger partial charge on any atom is -0.461 e. The van der Waals surface area contributed by atoms with Crippen molar-refractivity contribution in [3.63, 3.8) is 0 Å². The van der Waals surface area contributed by atoms with Gasteiger partial charge in [-0.15, -0.1) is 0 Å². The fourth-order valence-corrected chi connectivity index (χ4v) is 4.69. The lowest BCUT2D eigenvalue weighted by molar-refractivity contribution is -0.153. The van der Waals surface area contributed by atoms with Gasteiger partial charge in [0.25, 0.3) is 0 Å². The van der Waals surface area contributed by atoms with E-state index in [1.807, 2.05) is 6.92 Å². The maximum Gasteiger partial charge on any atom is 0.309 e. The van der Waals surface area contributed by atoms with Gasteiger partial charge in [0.05, 0.1) is 11.3 Å². The second-order valence-corrected chi connectivity index (χ2v) is 6.72. The van der Waals surface area contributed by atoms with Gasteiger partial charge in [-0.3, -0.25) is 9.59 Å². The normalized spacial score (nSPS) is 51.6. The SMILES string of the molecule is CC1CCC2C(C)C(=O)OC2C2(C)C(=O)CCC12. The van der Waals surface area contributed by atoms with E-state index in [0.717, 1.165) is 19.3 Å². The molecule has 6 atom stereocenters. The highest BCUT2D eigenvalue weighted by Gasteiger charge is 2.61. The molecule has 3 fully saturated rings. The van der Waals surface area contributed by atoms with Crippen molar-refractivity contribution in [2.45, 2.75) is 52.6 Å². The number of ether oxygens (including phenoxy) is 1. The maximum atomic E-state index is 12.4. The van der Waals surface area contributed by atoms with Crippen LogP contribution < -0.4 is 0 Å². The van der Waals surface area contributed by atoms with E-state index in [1.54, 1.807) is 0 Å². The minimum atomic E-state index is -0.416. The molecule has 3 heteroatoms. The number of rotatable bonds is 0. The summed E-state index contributed by atoms with van der Waals surface area (Å²) in [4.78, 5) is 24.2. The molecule has 0 N–H and O–H groups in total. The lowest BCUT2D eigenvalue weighted by atomic mass is 9.68. The first-order valence-corrected chi connectivity index (χ1v) is 7.20. The Morgan fingerprint density at radius 2 is 1.89 bits per heavy atom. The van der Waals surface area contributed by atoms with E-state index in [1.165, 1.54) is 0 Å². The van der Waals surface area contributed by atoms with Crippen molar-refractivity contribution in [2.24, 2.45) is 29.1 Å².